The van der Waals surface area contributed by atoms with E-state index in [1.807, 2.05) is 103 Å². The van der Waals surface area contributed by atoms with Gasteiger partial charge in [0.2, 0.25) is 0 Å². The van der Waals surface area contributed by atoms with Crippen molar-refractivity contribution in [2.24, 2.45) is 0 Å². The monoisotopic (exact) mass is 647 g/mol. The molecule has 0 amide bonds. The van der Waals surface area contributed by atoms with Crippen LogP contribution in [-0.4, -0.2) is 15.0 Å². The van der Waals surface area contributed by atoms with Gasteiger partial charge in [0.05, 0.1) is 8.22 Å². The molecule has 228 valence electrons. The van der Waals surface area contributed by atoms with E-state index in [0.29, 0.717) is 32.0 Å². The van der Waals surface area contributed by atoms with Crippen LogP contribution in [0.2, 0.25) is 0 Å². The molecule has 3 nitrogen and oxygen atoms in total. The van der Waals surface area contributed by atoms with Gasteiger partial charge in [0.1, 0.15) is 0 Å². The molecule has 0 fully saturated rings. The molecular formula is C45H27N3S. The molecule has 0 radical (unpaired) electrons. The molecule has 0 spiro atoms. The zero-order chi connectivity index (χ0) is 37.5. The first-order chi connectivity index (χ1) is 26.8. The molecule has 0 unspecified atom stereocenters. The number of aromatic nitrogens is 3. The van der Waals surface area contributed by atoms with E-state index in [4.69, 9.17) is 15.0 Å². The summed E-state index contributed by atoms with van der Waals surface area (Å²) in [7, 11) is 0. The second-order valence-corrected chi connectivity index (χ2v) is 12.9. The van der Waals surface area contributed by atoms with E-state index in [1.54, 1.807) is 0 Å². The highest BCUT2D eigenvalue weighted by molar-refractivity contribution is 7.25. The summed E-state index contributed by atoms with van der Waals surface area (Å²) < 4.78 is 56.8. The van der Waals surface area contributed by atoms with Gasteiger partial charge in [-0.25, -0.2) is 15.0 Å². The van der Waals surface area contributed by atoms with Crippen LogP contribution in [0.4, 0.5) is 0 Å². The lowest BCUT2D eigenvalue weighted by Gasteiger charge is -2.12. The number of benzene rings is 8. The Morgan fingerprint density at radius 1 is 0.347 bits per heavy atom. The molecule has 0 saturated heterocycles. The van der Waals surface area contributed by atoms with E-state index in [0.717, 1.165) is 54.8 Å². The molecule has 0 aliphatic heterocycles. The SMILES string of the molecule is [2H]c1c(-c2ccc3c4ccccc4c4ccccc4c3c2)c([2H])c2c(sc3c([2H])c(-c4nc(-c5ccccc5)nc(-c5ccccc5)n4)c([2H])c([2H])c32)c1[2H]. The Hall–Kier alpha value is -6.23. The highest BCUT2D eigenvalue weighted by Crippen LogP contribution is 2.41. The van der Waals surface area contributed by atoms with E-state index in [9.17, 15) is 8.22 Å². The largest absolute Gasteiger partial charge is 0.208 e. The third-order valence-corrected chi connectivity index (χ3v) is 9.99. The Morgan fingerprint density at radius 2 is 0.857 bits per heavy atom. The van der Waals surface area contributed by atoms with Crippen molar-refractivity contribution >= 4 is 63.8 Å². The molecule has 8 aromatic carbocycles. The second-order valence-electron chi connectivity index (χ2n) is 11.9. The smallest absolute Gasteiger partial charge is 0.164 e. The molecule has 0 aliphatic carbocycles. The van der Waals surface area contributed by atoms with Gasteiger partial charge in [-0.1, -0.05) is 139 Å². The van der Waals surface area contributed by atoms with Crippen molar-refractivity contribution in [3.05, 3.63) is 164 Å². The predicted octanol–water partition coefficient (Wildman–Crippen LogP) is 12.4. The van der Waals surface area contributed by atoms with Gasteiger partial charge < -0.3 is 0 Å². The zero-order valence-corrected chi connectivity index (χ0v) is 26.7. The summed E-state index contributed by atoms with van der Waals surface area (Å²) >= 11 is 1.10. The van der Waals surface area contributed by atoms with Crippen molar-refractivity contribution in [3.8, 4) is 45.3 Å². The zero-order valence-electron chi connectivity index (χ0n) is 31.9. The van der Waals surface area contributed by atoms with Crippen molar-refractivity contribution < 1.29 is 8.22 Å². The van der Waals surface area contributed by atoms with Gasteiger partial charge in [-0.15, -0.1) is 11.3 Å². The fourth-order valence-electron chi connectivity index (χ4n) is 6.63. The maximum absolute atomic E-state index is 9.58. The van der Waals surface area contributed by atoms with E-state index < -0.39 is 0 Å². The van der Waals surface area contributed by atoms with Gasteiger partial charge in [0.15, 0.2) is 17.5 Å². The highest BCUT2D eigenvalue weighted by atomic mass is 32.1. The number of nitrogens with zero attached hydrogens (tertiary/aromatic N) is 3. The predicted molar refractivity (Wildman–Crippen MR) is 207 cm³/mol. The lowest BCUT2D eigenvalue weighted by molar-refractivity contribution is 1.07. The summed E-state index contributed by atoms with van der Waals surface area (Å²) in [4.78, 5) is 14.2. The van der Waals surface area contributed by atoms with Gasteiger partial charge in [0, 0.05) is 36.9 Å². The summed E-state index contributed by atoms with van der Waals surface area (Å²) in [6.45, 7) is 0. The minimum absolute atomic E-state index is 0.00960. The van der Waals surface area contributed by atoms with Crippen LogP contribution in [0.5, 0.6) is 0 Å². The normalized spacial score (nSPS) is 13.4. The lowest BCUT2D eigenvalue weighted by Crippen LogP contribution is -1.99. The summed E-state index contributed by atoms with van der Waals surface area (Å²) in [5, 5.41) is 6.96. The van der Waals surface area contributed by atoms with Crippen molar-refractivity contribution in [2.75, 3.05) is 0 Å². The number of fused-ring (bicyclic) bond motifs is 9. The van der Waals surface area contributed by atoms with E-state index >= 15 is 0 Å². The quantitative estimate of drug-likeness (QED) is 0.178. The molecule has 10 aromatic rings. The topological polar surface area (TPSA) is 38.7 Å². The molecule has 0 aliphatic rings. The van der Waals surface area contributed by atoms with Crippen LogP contribution in [0, 0.1) is 0 Å². The van der Waals surface area contributed by atoms with Crippen molar-refractivity contribution in [1.82, 2.24) is 15.0 Å². The van der Waals surface area contributed by atoms with Gasteiger partial charge in [0.25, 0.3) is 0 Å². The number of thiophene rings is 1. The van der Waals surface area contributed by atoms with Crippen LogP contribution < -0.4 is 0 Å². The summed E-state index contributed by atoms with van der Waals surface area (Å²) in [5.41, 5.74) is 2.43. The fourth-order valence-corrected chi connectivity index (χ4v) is 7.60. The average Bonchev–Trinajstić information content (AvgIpc) is 3.65. The first-order valence-corrected chi connectivity index (χ1v) is 16.8. The van der Waals surface area contributed by atoms with Crippen LogP contribution in [0.1, 0.15) is 8.22 Å². The molecular weight excluding hydrogens is 615 g/mol. The van der Waals surface area contributed by atoms with E-state index in [-0.39, 0.29) is 58.6 Å². The summed E-state index contributed by atoms with van der Waals surface area (Å²) in [6.07, 6.45) is 0. The van der Waals surface area contributed by atoms with Gasteiger partial charge >= 0.3 is 0 Å². The number of hydrogen-bond acceptors (Lipinski definition) is 4. The Balaban J connectivity index is 1.22. The van der Waals surface area contributed by atoms with E-state index in [2.05, 4.69) is 24.3 Å². The Kier molecular flexibility index (Phi) is 5.11. The molecule has 0 atom stereocenters. The minimum Gasteiger partial charge on any atom is -0.208 e. The average molecular weight is 648 g/mol. The van der Waals surface area contributed by atoms with Gasteiger partial charge in [-0.3, -0.25) is 0 Å². The molecule has 4 heteroatoms. The van der Waals surface area contributed by atoms with Crippen LogP contribution in [0.15, 0.2) is 164 Å². The van der Waals surface area contributed by atoms with Crippen molar-refractivity contribution in [1.29, 1.82) is 0 Å². The molecule has 2 heterocycles. The molecule has 0 bridgehead atoms. The molecule has 0 N–H and O–H groups in total. The van der Waals surface area contributed by atoms with Crippen LogP contribution in [0.3, 0.4) is 0 Å². The van der Waals surface area contributed by atoms with Gasteiger partial charge in [-0.05, 0) is 67.6 Å². The fraction of sp³-hybridized carbons (Fsp3) is 0. The van der Waals surface area contributed by atoms with Crippen LogP contribution in [-0.2, 0) is 0 Å². The first-order valence-electron chi connectivity index (χ1n) is 19.0. The maximum Gasteiger partial charge on any atom is 0.164 e. The Morgan fingerprint density at radius 3 is 1.47 bits per heavy atom. The second kappa shape index (κ2) is 11.2. The van der Waals surface area contributed by atoms with Crippen molar-refractivity contribution in [2.45, 2.75) is 0 Å². The van der Waals surface area contributed by atoms with E-state index in [1.165, 1.54) is 0 Å². The standard InChI is InChI=1S/C45H27N3S/c1-3-11-28(12-4-1)43-46-44(29-13-5-2-6-14-29)48-45(47-43)32-20-23-38-40-26-31(21-24-41(40)49-42(38)27-32)30-19-22-37-35-17-8-7-15-33(35)34-16-9-10-18-36(34)39(37)25-30/h1-27H/i20D,21D,23D,24D,26D,27D. The first kappa shape index (κ1) is 22.4. The van der Waals surface area contributed by atoms with Crippen molar-refractivity contribution in [3.63, 3.8) is 0 Å². The number of rotatable bonds is 4. The Labute approximate surface area is 295 Å². The third kappa shape index (κ3) is 4.68. The molecule has 10 rings (SSSR count). The number of hydrogen-bond donors (Lipinski definition) is 0. The van der Waals surface area contributed by atoms with Crippen LogP contribution in [0.25, 0.3) is 97.8 Å². The minimum atomic E-state index is -0.257. The van der Waals surface area contributed by atoms with Crippen LogP contribution >= 0.6 is 11.3 Å². The summed E-state index contributed by atoms with van der Waals surface area (Å²) in [6, 6.07) is 40.5. The highest BCUT2D eigenvalue weighted by Gasteiger charge is 2.15. The Bertz CT molecular complexity index is 3130. The maximum atomic E-state index is 9.58. The lowest BCUT2D eigenvalue weighted by atomic mass is 9.92. The molecule has 0 saturated carbocycles. The van der Waals surface area contributed by atoms with Gasteiger partial charge in [-0.2, -0.15) is 0 Å². The molecule has 49 heavy (non-hydrogen) atoms. The third-order valence-electron chi connectivity index (χ3n) is 8.97. The summed E-state index contributed by atoms with van der Waals surface area (Å²) in [5.74, 6) is 0.825. The molecule has 2 aromatic heterocycles.